The van der Waals surface area contributed by atoms with Crippen LogP contribution in [0.5, 0.6) is 0 Å². The molecule has 29 heavy (non-hydrogen) atoms. The Morgan fingerprint density at radius 3 is 2.52 bits per heavy atom. The van der Waals surface area contributed by atoms with Gasteiger partial charge in [0.15, 0.2) is 5.76 Å². The van der Waals surface area contributed by atoms with Gasteiger partial charge in [-0.05, 0) is 61.0 Å². The van der Waals surface area contributed by atoms with Crippen molar-refractivity contribution in [2.45, 2.75) is 6.92 Å². The molecule has 0 saturated carbocycles. The number of nitrogens with one attached hydrogen (secondary N) is 2. The Labute approximate surface area is 171 Å². The molecule has 4 rings (SSSR count). The molecule has 0 bridgehead atoms. The monoisotopic (exact) mass is 403 g/mol. The van der Waals surface area contributed by atoms with Gasteiger partial charge >= 0.3 is 0 Å². The molecule has 2 aromatic heterocycles. The summed E-state index contributed by atoms with van der Waals surface area (Å²) < 4.78 is 5.11. The van der Waals surface area contributed by atoms with E-state index >= 15 is 0 Å². The van der Waals surface area contributed by atoms with Gasteiger partial charge in [0, 0.05) is 34.1 Å². The molecule has 0 radical (unpaired) electrons. The van der Waals surface area contributed by atoms with Crippen molar-refractivity contribution >= 4 is 34.5 Å². The maximum Gasteiger partial charge on any atom is 0.291 e. The Kier molecular flexibility index (Phi) is 5.22. The zero-order valence-corrected chi connectivity index (χ0v) is 16.3. The largest absolute Gasteiger partial charge is 0.459 e. The van der Waals surface area contributed by atoms with E-state index in [0.717, 1.165) is 16.1 Å². The van der Waals surface area contributed by atoms with Crippen LogP contribution >= 0.6 is 11.3 Å². The number of aryl methyl sites for hydroxylation is 1. The van der Waals surface area contributed by atoms with E-state index in [-0.39, 0.29) is 17.6 Å². The Balaban J connectivity index is 1.48. The van der Waals surface area contributed by atoms with Crippen LogP contribution in [-0.4, -0.2) is 16.8 Å². The van der Waals surface area contributed by atoms with Gasteiger partial charge in [-0.15, -0.1) is 11.3 Å². The van der Waals surface area contributed by atoms with Crippen molar-refractivity contribution < 1.29 is 14.0 Å². The molecule has 4 aromatic rings. The first-order chi connectivity index (χ1) is 14.1. The highest BCUT2D eigenvalue weighted by atomic mass is 32.1. The SMILES string of the molecule is Cc1ccc(C(=O)Nc2ccc(-c3nccs3)cc2)cc1NC(=O)c1ccco1. The fourth-order valence-corrected chi connectivity index (χ4v) is 3.40. The fraction of sp³-hybridized carbons (Fsp3) is 0.0455. The molecule has 0 aliphatic rings. The summed E-state index contributed by atoms with van der Waals surface area (Å²) in [6, 6.07) is 15.9. The van der Waals surface area contributed by atoms with Crippen molar-refractivity contribution in [2.75, 3.05) is 10.6 Å². The van der Waals surface area contributed by atoms with Crippen LogP contribution in [0.3, 0.4) is 0 Å². The van der Waals surface area contributed by atoms with Crippen molar-refractivity contribution in [1.29, 1.82) is 0 Å². The normalized spacial score (nSPS) is 10.5. The highest BCUT2D eigenvalue weighted by Crippen LogP contribution is 2.24. The topological polar surface area (TPSA) is 84.2 Å². The zero-order chi connectivity index (χ0) is 20.2. The van der Waals surface area contributed by atoms with E-state index in [0.29, 0.717) is 16.9 Å². The van der Waals surface area contributed by atoms with E-state index in [9.17, 15) is 9.59 Å². The minimum atomic E-state index is -0.367. The Morgan fingerprint density at radius 1 is 1.00 bits per heavy atom. The number of carbonyl (C=O) groups excluding carboxylic acids is 2. The third-order valence-corrected chi connectivity index (χ3v) is 5.14. The van der Waals surface area contributed by atoms with Crippen LogP contribution in [0.2, 0.25) is 0 Å². The molecule has 0 fully saturated rings. The molecule has 2 N–H and O–H groups in total. The minimum Gasteiger partial charge on any atom is -0.459 e. The first-order valence-corrected chi connectivity index (χ1v) is 9.75. The summed E-state index contributed by atoms with van der Waals surface area (Å²) >= 11 is 1.56. The molecule has 0 saturated heterocycles. The number of rotatable bonds is 5. The number of aromatic nitrogens is 1. The van der Waals surface area contributed by atoms with Crippen molar-refractivity contribution in [3.63, 3.8) is 0 Å². The van der Waals surface area contributed by atoms with Gasteiger partial charge in [-0.2, -0.15) is 0 Å². The standard InChI is InChI=1S/C22H17N3O3S/c1-14-4-5-16(13-18(14)25-21(27)19-3-2-11-28-19)20(26)24-17-8-6-15(7-9-17)22-23-10-12-29-22/h2-13H,1H3,(H,24,26)(H,25,27). The second-order valence-corrected chi connectivity index (χ2v) is 7.22. The molecule has 2 heterocycles. The van der Waals surface area contributed by atoms with Crippen LogP contribution in [-0.2, 0) is 0 Å². The van der Waals surface area contributed by atoms with Gasteiger partial charge in [0.05, 0.1) is 6.26 Å². The predicted octanol–water partition coefficient (Wildman–Crippen LogP) is 5.22. The lowest BCUT2D eigenvalue weighted by Crippen LogP contribution is -2.15. The lowest BCUT2D eigenvalue weighted by Gasteiger charge is -2.11. The Morgan fingerprint density at radius 2 is 1.83 bits per heavy atom. The average molecular weight is 403 g/mol. The number of furan rings is 1. The highest BCUT2D eigenvalue weighted by Gasteiger charge is 2.13. The van der Waals surface area contributed by atoms with E-state index in [1.165, 1.54) is 6.26 Å². The number of thiazole rings is 1. The summed E-state index contributed by atoms with van der Waals surface area (Å²) in [4.78, 5) is 29.1. The number of hydrogen-bond donors (Lipinski definition) is 2. The minimum absolute atomic E-state index is 0.208. The van der Waals surface area contributed by atoms with Gasteiger partial charge in [0.2, 0.25) is 0 Å². The van der Waals surface area contributed by atoms with Crippen molar-refractivity contribution in [3.05, 3.63) is 89.3 Å². The van der Waals surface area contributed by atoms with Crippen LogP contribution in [0, 0.1) is 6.92 Å². The van der Waals surface area contributed by atoms with E-state index < -0.39 is 0 Å². The van der Waals surface area contributed by atoms with E-state index in [1.807, 2.05) is 36.6 Å². The van der Waals surface area contributed by atoms with Crippen LogP contribution < -0.4 is 10.6 Å². The molecule has 0 aliphatic carbocycles. The zero-order valence-electron chi connectivity index (χ0n) is 15.5. The number of carbonyl (C=O) groups is 2. The molecule has 6 nitrogen and oxygen atoms in total. The van der Waals surface area contributed by atoms with Crippen molar-refractivity contribution in [3.8, 4) is 10.6 Å². The maximum absolute atomic E-state index is 12.7. The average Bonchev–Trinajstić information content (AvgIpc) is 3.44. The molecule has 0 aliphatic heterocycles. The quantitative estimate of drug-likeness (QED) is 0.479. The smallest absolute Gasteiger partial charge is 0.291 e. The summed E-state index contributed by atoms with van der Waals surface area (Å²) in [7, 11) is 0. The fourth-order valence-electron chi connectivity index (χ4n) is 2.75. The third kappa shape index (κ3) is 4.25. The predicted molar refractivity (Wildman–Crippen MR) is 113 cm³/mol. The second-order valence-electron chi connectivity index (χ2n) is 6.33. The number of amides is 2. The van der Waals surface area contributed by atoms with E-state index in [1.54, 1.807) is 47.9 Å². The number of nitrogens with zero attached hydrogens (tertiary/aromatic N) is 1. The van der Waals surface area contributed by atoms with Crippen LogP contribution in [0.4, 0.5) is 11.4 Å². The van der Waals surface area contributed by atoms with Crippen molar-refractivity contribution in [2.24, 2.45) is 0 Å². The van der Waals surface area contributed by atoms with Gasteiger partial charge in [-0.1, -0.05) is 6.07 Å². The molecule has 7 heteroatoms. The third-order valence-electron chi connectivity index (χ3n) is 4.31. The summed E-state index contributed by atoms with van der Waals surface area (Å²) in [5.41, 5.74) is 3.51. The number of benzene rings is 2. The van der Waals surface area contributed by atoms with Crippen LogP contribution in [0.15, 0.2) is 76.9 Å². The summed E-state index contributed by atoms with van der Waals surface area (Å²) in [6.45, 7) is 1.86. The van der Waals surface area contributed by atoms with Gasteiger partial charge < -0.3 is 15.1 Å². The maximum atomic E-state index is 12.7. The summed E-state index contributed by atoms with van der Waals surface area (Å²) in [5, 5.41) is 8.50. The second kappa shape index (κ2) is 8.12. The highest BCUT2D eigenvalue weighted by molar-refractivity contribution is 7.13. The summed E-state index contributed by atoms with van der Waals surface area (Å²) in [5.74, 6) is -0.423. The number of hydrogen-bond acceptors (Lipinski definition) is 5. The van der Waals surface area contributed by atoms with Gasteiger partial charge in [-0.25, -0.2) is 4.98 Å². The van der Waals surface area contributed by atoms with Crippen LogP contribution in [0.25, 0.3) is 10.6 Å². The lowest BCUT2D eigenvalue weighted by molar-refractivity contribution is 0.0993. The van der Waals surface area contributed by atoms with Crippen molar-refractivity contribution in [1.82, 2.24) is 4.98 Å². The van der Waals surface area contributed by atoms with Crippen LogP contribution in [0.1, 0.15) is 26.5 Å². The van der Waals surface area contributed by atoms with Gasteiger partial charge in [-0.3, -0.25) is 9.59 Å². The molecule has 0 atom stereocenters. The number of anilines is 2. The lowest BCUT2D eigenvalue weighted by atomic mass is 10.1. The molecular formula is C22H17N3O3S. The molecule has 0 spiro atoms. The molecule has 144 valence electrons. The Bertz CT molecular complexity index is 1130. The van der Waals surface area contributed by atoms with Gasteiger partial charge in [0.1, 0.15) is 5.01 Å². The van der Waals surface area contributed by atoms with E-state index in [4.69, 9.17) is 4.42 Å². The van der Waals surface area contributed by atoms with E-state index in [2.05, 4.69) is 15.6 Å². The van der Waals surface area contributed by atoms with Gasteiger partial charge in [0.25, 0.3) is 11.8 Å². The molecule has 2 amide bonds. The first kappa shape index (κ1) is 18.6. The summed E-state index contributed by atoms with van der Waals surface area (Å²) in [6.07, 6.45) is 3.20. The molecule has 0 unspecified atom stereocenters. The molecule has 2 aromatic carbocycles. The Hall–Kier alpha value is -3.71. The molecular weight excluding hydrogens is 386 g/mol. The first-order valence-electron chi connectivity index (χ1n) is 8.87.